The second kappa shape index (κ2) is 16.4. The minimum absolute atomic E-state index is 0. The molecule has 124 valence electrons. The molecule has 0 radical (unpaired) electrons. The largest absolute Gasteiger partial charge is 1.00 e. The minimum atomic E-state index is 0. The van der Waals surface area contributed by atoms with Crippen molar-refractivity contribution >= 4 is 11.6 Å². The van der Waals surface area contributed by atoms with Gasteiger partial charge in [-0.15, -0.1) is 0 Å². The van der Waals surface area contributed by atoms with Crippen LogP contribution in [0.25, 0.3) is 0 Å². The average molecular weight is 418 g/mol. The maximum absolute atomic E-state index is 6.36. The van der Waals surface area contributed by atoms with Gasteiger partial charge in [-0.05, 0) is 32.1 Å². The second-order valence-electron chi connectivity index (χ2n) is 6.11. The molecule has 0 saturated heterocycles. The summed E-state index contributed by atoms with van der Waals surface area (Å²) < 4.78 is 1.17. The van der Waals surface area contributed by atoms with E-state index in [1.807, 2.05) is 0 Å². The summed E-state index contributed by atoms with van der Waals surface area (Å²) in [6.45, 7) is 10.7. The Labute approximate surface area is 150 Å². The monoisotopic (exact) mass is 417 g/mol. The van der Waals surface area contributed by atoms with Crippen LogP contribution in [0.3, 0.4) is 0 Å². The number of rotatable bonds is 14. The number of unbranched alkanes of at least 4 members (excludes halogenated alkanes) is 7. The SMILES string of the molecule is CCCCCC[N+](CCl)(CCCC)CCCCCC.[I-]. The van der Waals surface area contributed by atoms with Crippen LogP contribution in [0.1, 0.15) is 85.0 Å². The molecule has 0 N–H and O–H groups in total. The second-order valence-corrected chi connectivity index (χ2v) is 6.35. The van der Waals surface area contributed by atoms with Gasteiger partial charge in [0, 0.05) is 0 Å². The lowest BCUT2D eigenvalue weighted by Gasteiger charge is -2.37. The Balaban J connectivity index is 0. The van der Waals surface area contributed by atoms with Crippen LogP contribution in [-0.4, -0.2) is 30.1 Å². The van der Waals surface area contributed by atoms with Gasteiger partial charge in [0.25, 0.3) is 0 Å². The summed E-state index contributed by atoms with van der Waals surface area (Å²) in [4.78, 5) is 0. The highest BCUT2D eigenvalue weighted by atomic mass is 127. The lowest BCUT2D eigenvalue weighted by Crippen LogP contribution is -3.00. The van der Waals surface area contributed by atoms with Crippen molar-refractivity contribution in [2.24, 2.45) is 0 Å². The zero-order chi connectivity index (χ0) is 14.4. The van der Waals surface area contributed by atoms with Crippen LogP contribution in [0.2, 0.25) is 0 Å². The van der Waals surface area contributed by atoms with Crippen LogP contribution in [0.15, 0.2) is 0 Å². The Hall–Kier alpha value is 0.980. The number of nitrogens with zero attached hydrogens (tertiary/aromatic N) is 1. The molecule has 0 aliphatic rings. The summed E-state index contributed by atoms with van der Waals surface area (Å²) in [6, 6.07) is 0.818. The maximum atomic E-state index is 6.36. The molecule has 0 aliphatic carbocycles. The summed E-state index contributed by atoms with van der Waals surface area (Å²) in [7, 11) is 0. The third-order valence-electron chi connectivity index (χ3n) is 4.21. The van der Waals surface area contributed by atoms with E-state index in [-0.39, 0.29) is 24.0 Å². The average Bonchev–Trinajstić information content (AvgIpc) is 2.45. The molecule has 0 spiro atoms. The first-order chi connectivity index (χ1) is 9.24. The van der Waals surface area contributed by atoms with Gasteiger partial charge in [-0.3, -0.25) is 0 Å². The van der Waals surface area contributed by atoms with Crippen LogP contribution in [0, 0.1) is 0 Å². The highest BCUT2D eigenvalue weighted by Crippen LogP contribution is 2.17. The molecule has 0 saturated carbocycles. The van der Waals surface area contributed by atoms with Crippen molar-refractivity contribution in [3.05, 3.63) is 0 Å². The first-order valence-corrected chi connectivity index (χ1v) is 9.19. The van der Waals surface area contributed by atoms with Crippen molar-refractivity contribution in [2.45, 2.75) is 85.0 Å². The molecule has 0 rings (SSSR count). The van der Waals surface area contributed by atoms with Gasteiger partial charge >= 0.3 is 0 Å². The molecular formula is C17H37ClIN. The van der Waals surface area contributed by atoms with Crippen molar-refractivity contribution in [3.63, 3.8) is 0 Å². The van der Waals surface area contributed by atoms with Gasteiger partial charge in [0.2, 0.25) is 0 Å². The van der Waals surface area contributed by atoms with Crippen molar-refractivity contribution < 1.29 is 28.5 Å². The first-order valence-electron chi connectivity index (χ1n) is 8.65. The predicted molar refractivity (Wildman–Crippen MR) is 88.8 cm³/mol. The van der Waals surface area contributed by atoms with E-state index in [1.54, 1.807) is 0 Å². The maximum Gasteiger partial charge on any atom is 0.154 e. The lowest BCUT2D eigenvalue weighted by molar-refractivity contribution is -0.918. The quantitative estimate of drug-likeness (QED) is 0.134. The molecular weight excluding hydrogens is 381 g/mol. The molecule has 0 aromatic heterocycles. The third kappa shape index (κ3) is 11.6. The van der Waals surface area contributed by atoms with Crippen LogP contribution in [0.4, 0.5) is 0 Å². The van der Waals surface area contributed by atoms with E-state index in [0.29, 0.717) is 0 Å². The molecule has 20 heavy (non-hydrogen) atoms. The number of hydrogen-bond acceptors (Lipinski definition) is 0. The Morgan fingerprint density at radius 2 is 1.00 bits per heavy atom. The number of quaternary nitrogens is 1. The zero-order valence-electron chi connectivity index (χ0n) is 14.1. The topological polar surface area (TPSA) is 0 Å². The fourth-order valence-corrected chi connectivity index (χ4v) is 3.11. The predicted octanol–water partition coefficient (Wildman–Crippen LogP) is 2.96. The van der Waals surface area contributed by atoms with Gasteiger partial charge in [0.15, 0.2) is 6.00 Å². The molecule has 1 nitrogen and oxygen atoms in total. The van der Waals surface area contributed by atoms with Gasteiger partial charge in [-0.25, -0.2) is 0 Å². The van der Waals surface area contributed by atoms with Gasteiger partial charge in [0.05, 0.1) is 19.6 Å². The Morgan fingerprint density at radius 1 is 0.600 bits per heavy atom. The Bertz CT molecular complexity index is 176. The Kier molecular flexibility index (Phi) is 19.0. The highest BCUT2D eigenvalue weighted by molar-refractivity contribution is 6.16. The van der Waals surface area contributed by atoms with Crippen LogP contribution in [0.5, 0.6) is 0 Å². The van der Waals surface area contributed by atoms with Gasteiger partial charge in [0.1, 0.15) is 0 Å². The van der Waals surface area contributed by atoms with E-state index in [2.05, 4.69) is 20.8 Å². The summed E-state index contributed by atoms with van der Waals surface area (Å²) in [5.41, 5.74) is 0. The van der Waals surface area contributed by atoms with E-state index in [1.165, 1.54) is 88.3 Å². The summed E-state index contributed by atoms with van der Waals surface area (Å²) in [5.74, 6) is 0. The molecule has 0 fully saturated rings. The minimum Gasteiger partial charge on any atom is -1.00 e. The van der Waals surface area contributed by atoms with Gasteiger partial charge in [-0.2, -0.15) is 0 Å². The standard InChI is InChI=1S/C17H37ClN.HI/c1-4-7-10-12-15-19(17-18,14-9-6-3)16-13-11-8-5-2;/h4-17H2,1-3H3;1H/q+1;/p-1. The van der Waals surface area contributed by atoms with Crippen LogP contribution in [-0.2, 0) is 0 Å². The van der Waals surface area contributed by atoms with Crippen molar-refractivity contribution in [1.82, 2.24) is 0 Å². The molecule has 0 aliphatic heterocycles. The molecule has 0 bridgehead atoms. The molecule has 0 heterocycles. The molecule has 3 heteroatoms. The zero-order valence-corrected chi connectivity index (χ0v) is 17.0. The van der Waals surface area contributed by atoms with Crippen LogP contribution < -0.4 is 24.0 Å². The van der Waals surface area contributed by atoms with Crippen LogP contribution >= 0.6 is 11.6 Å². The fourth-order valence-electron chi connectivity index (χ4n) is 2.76. The van der Waals surface area contributed by atoms with E-state index in [0.717, 1.165) is 6.00 Å². The van der Waals surface area contributed by atoms with Crippen molar-refractivity contribution in [3.8, 4) is 0 Å². The summed E-state index contributed by atoms with van der Waals surface area (Å²) >= 11 is 6.36. The van der Waals surface area contributed by atoms with E-state index in [4.69, 9.17) is 11.6 Å². The molecule has 0 aromatic carbocycles. The first kappa shape index (κ1) is 23.2. The smallest absolute Gasteiger partial charge is 0.154 e. The van der Waals surface area contributed by atoms with Gasteiger partial charge < -0.3 is 28.5 Å². The summed E-state index contributed by atoms with van der Waals surface area (Å²) in [5, 5.41) is 0. The normalized spacial score (nSPS) is 11.4. The van der Waals surface area contributed by atoms with Crippen molar-refractivity contribution in [2.75, 3.05) is 25.6 Å². The molecule has 0 amide bonds. The Morgan fingerprint density at radius 3 is 1.35 bits per heavy atom. The third-order valence-corrected chi connectivity index (χ3v) is 4.72. The number of alkyl halides is 1. The fraction of sp³-hybridized carbons (Fsp3) is 1.00. The van der Waals surface area contributed by atoms with E-state index < -0.39 is 0 Å². The highest BCUT2D eigenvalue weighted by Gasteiger charge is 2.24. The molecule has 0 aromatic rings. The summed E-state index contributed by atoms with van der Waals surface area (Å²) in [6.07, 6.45) is 13.5. The molecule has 0 atom stereocenters. The van der Waals surface area contributed by atoms with Crippen molar-refractivity contribution in [1.29, 1.82) is 0 Å². The number of halogens is 2. The van der Waals surface area contributed by atoms with E-state index >= 15 is 0 Å². The van der Waals surface area contributed by atoms with E-state index in [9.17, 15) is 0 Å². The number of hydrogen-bond donors (Lipinski definition) is 0. The van der Waals surface area contributed by atoms with Gasteiger partial charge in [-0.1, -0.05) is 64.5 Å². The molecule has 0 unspecified atom stereocenters. The lowest BCUT2D eigenvalue weighted by atomic mass is 10.1.